The molecular weight excluding hydrogens is 238 g/mol. The Balaban J connectivity index is 1.95. The summed E-state index contributed by atoms with van der Waals surface area (Å²) < 4.78 is 5.68. The van der Waals surface area contributed by atoms with Crippen LogP contribution in [0.15, 0.2) is 12.4 Å². The minimum Gasteiger partial charge on any atom is -0.378 e. The van der Waals surface area contributed by atoms with Crippen molar-refractivity contribution in [2.45, 2.75) is 39.3 Å². The quantitative estimate of drug-likeness (QED) is 0.899. The van der Waals surface area contributed by atoms with E-state index < -0.39 is 0 Å². The molecule has 0 aliphatic heterocycles. The second-order valence-electron chi connectivity index (χ2n) is 4.92. The van der Waals surface area contributed by atoms with Crippen LogP contribution in [-0.2, 0) is 4.74 Å². The standard InChI is InChI=1S/C12H18ClN3O/c1-4-17-10-5-9(12(10,2)3)16-11-14-6-8(13)7-15-11/h6-7,9-10H,4-5H2,1-3H3,(H,14,15,16). The molecule has 1 aliphatic carbocycles. The molecule has 0 aromatic carbocycles. The molecule has 17 heavy (non-hydrogen) atoms. The normalized spacial score (nSPS) is 26.4. The second kappa shape index (κ2) is 4.78. The summed E-state index contributed by atoms with van der Waals surface area (Å²) in [6.45, 7) is 7.19. The number of nitrogens with one attached hydrogen (secondary N) is 1. The average molecular weight is 256 g/mol. The highest BCUT2D eigenvalue weighted by Gasteiger charge is 2.49. The summed E-state index contributed by atoms with van der Waals surface area (Å²) >= 11 is 5.74. The molecule has 1 saturated carbocycles. The van der Waals surface area contributed by atoms with Crippen LogP contribution in [0.2, 0.25) is 5.02 Å². The van der Waals surface area contributed by atoms with Gasteiger partial charge in [0, 0.05) is 18.1 Å². The third kappa shape index (κ3) is 2.53. The molecule has 0 bridgehead atoms. The fourth-order valence-electron chi connectivity index (χ4n) is 2.16. The number of ether oxygens (including phenoxy) is 1. The number of hydrogen-bond donors (Lipinski definition) is 1. The van der Waals surface area contributed by atoms with E-state index in [1.807, 2.05) is 6.92 Å². The molecule has 1 fully saturated rings. The number of anilines is 1. The van der Waals surface area contributed by atoms with Crippen molar-refractivity contribution in [1.29, 1.82) is 0 Å². The van der Waals surface area contributed by atoms with Crippen LogP contribution in [0.4, 0.5) is 5.95 Å². The fourth-order valence-corrected chi connectivity index (χ4v) is 2.25. The van der Waals surface area contributed by atoms with Gasteiger partial charge in [0.2, 0.25) is 5.95 Å². The van der Waals surface area contributed by atoms with Gasteiger partial charge in [-0.3, -0.25) is 0 Å². The second-order valence-corrected chi connectivity index (χ2v) is 5.36. The van der Waals surface area contributed by atoms with E-state index in [4.69, 9.17) is 16.3 Å². The molecule has 94 valence electrons. The lowest BCUT2D eigenvalue weighted by Gasteiger charge is -2.51. The van der Waals surface area contributed by atoms with Crippen molar-refractivity contribution in [2.24, 2.45) is 5.41 Å². The molecular formula is C12H18ClN3O. The Kier molecular flexibility index (Phi) is 3.54. The van der Waals surface area contributed by atoms with E-state index in [0.717, 1.165) is 13.0 Å². The number of aromatic nitrogens is 2. The van der Waals surface area contributed by atoms with Crippen molar-refractivity contribution in [3.8, 4) is 0 Å². The monoisotopic (exact) mass is 255 g/mol. The smallest absolute Gasteiger partial charge is 0.222 e. The zero-order valence-corrected chi connectivity index (χ0v) is 11.2. The van der Waals surface area contributed by atoms with Gasteiger partial charge in [-0.15, -0.1) is 0 Å². The van der Waals surface area contributed by atoms with Crippen molar-refractivity contribution in [1.82, 2.24) is 9.97 Å². The van der Waals surface area contributed by atoms with Gasteiger partial charge in [-0.25, -0.2) is 9.97 Å². The number of rotatable bonds is 4. The molecule has 1 heterocycles. The summed E-state index contributed by atoms with van der Waals surface area (Å²) in [6.07, 6.45) is 4.51. The fraction of sp³-hybridized carbons (Fsp3) is 0.667. The van der Waals surface area contributed by atoms with Crippen LogP contribution in [0.5, 0.6) is 0 Å². The van der Waals surface area contributed by atoms with Gasteiger partial charge in [-0.1, -0.05) is 25.4 Å². The predicted octanol–water partition coefficient (Wildman–Crippen LogP) is 2.75. The van der Waals surface area contributed by atoms with Crippen molar-refractivity contribution in [3.05, 3.63) is 17.4 Å². The highest BCUT2D eigenvalue weighted by molar-refractivity contribution is 6.30. The first-order valence-corrected chi connectivity index (χ1v) is 6.27. The third-order valence-corrected chi connectivity index (χ3v) is 3.66. The third-order valence-electron chi connectivity index (χ3n) is 3.47. The maximum Gasteiger partial charge on any atom is 0.222 e. The number of nitrogens with zero attached hydrogens (tertiary/aromatic N) is 2. The Labute approximate surface area is 107 Å². The van der Waals surface area contributed by atoms with E-state index in [1.54, 1.807) is 12.4 Å². The highest BCUT2D eigenvalue weighted by Crippen LogP contribution is 2.43. The van der Waals surface area contributed by atoms with Crippen molar-refractivity contribution < 1.29 is 4.74 Å². The minimum absolute atomic E-state index is 0.110. The van der Waals surface area contributed by atoms with Crippen molar-refractivity contribution in [2.75, 3.05) is 11.9 Å². The first kappa shape index (κ1) is 12.6. The lowest BCUT2D eigenvalue weighted by atomic mass is 9.64. The lowest BCUT2D eigenvalue weighted by molar-refractivity contribution is -0.0977. The van der Waals surface area contributed by atoms with Gasteiger partial charge in [-0.2, -0.15) is 0 Å². The molecule has 4 nitrogen and oxygen atoms in total. The summed E-state index contributed by atoms with van der Waals surface area (Å²) in [7, 11) is 0. The number of hydrogen-bond acceptors (Lipinski definition) is 4. The van der Waals surface area contributed by atoms with E-state index in [2.05, 4.69) is 29.1 Å². The molecule has 0 radical (unpaired) electrons. The predicted molar refractivity (Wildman–Crippen MR) is 68.3 cm³/mol. The highest BCUT2D eigenvalue weighted by atomic mass is 35.5. The summed E-state index contributed by atoms with van der Waals surface area (Å²) in [4.78, 5) is 8.28. The van der Waals surface area contributed by atoms with Gasteiger partial charge in [0.15, 0.2) is 0 Å². The average Bonchev–Trinajstić information content (AvgIpc) is 2.30. The topological polar surface area (TPSA) is 47.0 Å². The summed E-state index contributed by atoms with van der Waals surface area (Å²) in [5.74, 6) is 0.627. The van der Waals surface area contributed by atoms with Crippen LogP contribution in [0.1, 0.15) is 27.2 Å². The Morgan fingerprint density at radius 3 is 2.65 bits per heavy atom. The van der Waals surface area contributed by atoms with Gasteiger partial charge in [0.1, 0.15) is 0 Å². The molecule has 0 saturated heterocycles. The minimum atomic E-state index is 0.110. The SMILES string of the molecule is CCOC1CC(Nc2ncc(Cl)cn2)C1(C)C. The first-order chi connectivity index (χ1) is 8.04. The summed E-state index contributed by atoms with van der Waals surface area (Å²) in [5.41, 5.74) is 0.110. The molecule has 1 aromatic rings. The molecule has 0 amide bonds. The van der Waals surface area contributed by atoms with Crippen LogP contribution in [0, 0.1) is 5.41 Å². The molecule has 2 rings (SSSR count). The largest absolute Gasteiger partial charge is 0.378 e. The zero-order valence-electron chi connectivity index (χ0n) is 10.4. The zero-order chi connectivity index (χ0) is 12.5. The van der Waals surface area contributed by atoms with Crippen LogP contribution < -0.4 is 5.32 Å². The van der Waals surface area contributed by atoms with E-state index in [1.165, 1.54) is 0 Å². The van der Waals surface area contributed by atoms with Crippen LogP contribution in [-0.4, -0.2) is 28.7 Å². The van der Waals surface area contributed by atoms with Crippen molar-refractivity contribution >= 4 is 17.5 Å². The first-order valence-electron chi connectivity index (χ1n) is 5.89. The van der Waals surface area contributed by atoms with Crippen LogP contribution in [0.25, 0.3) is 0 Å². The Morgan fingerprint density at radius 2 is 2.12 bits per heavy atom. The number of halogens is 1. The molecule has 1 N–H and O–H groups in total. The van der Waals surface area contributed by atoms with Gasteiger partial charge in [-0.05, 0) is 13.3 Å². The molecule has 0 spiro atoms. The molecule has 1 aromatic heterocycles. The van der Waals surface area contributed by atoms with Crippen LogP contribution in [0.3, 0.4) is 0 Å². The molecule has 2 atom stereocenters. The van der Waals surface area contributed by atoms with Crippen molar-refractivity contribution in [3.63, 3.8) is 0 Å². The lowest BCUT2D eigenvalue weighted by Crippen LogP contribution is -2.58. The van der Waals surface area contributed by atoms with Gasteiger partial charge in [0.25, 0.3) is 0 Å². The summed E-state index contributed by atoms with van der Waals surface area (Å²) in [6, 6.07) is 0.347. The van der Waals surface area contributed by atoms with Crippen LogP contribution >= 0.6 is 11.6 Å². The Bertz CT molecular complexity index is 380. The van der Waals surface area contributed by atoms with Gasteiger partial charge in [0.05, 0.1) is 23.5 Å². The Hall–Kier alpha value is -0.870. The summed E-state index contributed by atoms with van der Waals surface area (Å²) in [5, 5.41) is 3.87. The van der Waals surface area contributed by atoms with E-state index in [-0.39, 0.29) is 5.41 Å². The maximum atomic E-state index is 5.74. The molecule has 5 heteroatoms. The molecule has 2 unspecified atom stereocenters. The maximum absolute atomic E-state index is 5.74. The Morgan fingerprint density at radius 1 is 1.47 bits per heavy atom. The van der Waals surface area contributed by atoms with Gasteiger partial charge < -0.3 is 10.1 Å². The van der Waals surface area contributed by atoms with E-state index >= 15 is 0 Å². The molecule has 1 aliphatic rings. The van der Waals surface area contributed by atoms with Gasteiger partial charge >= 0.3 is 0 Å². The van der Waals surface area contributed by atoms with E-state index in [9.17, 15) is 0 Å². The van der Waals surface area contributed by atoms with E-state index in [0.29, 0.717) is 23.1 Å².